The van der Waals surface area contributed by atoms with Crippen molar-refractivity contribution in [2.24, 2.45) is 0 Å². The summed E-state index contributed by atoms with van der Waals surface area (Å²) in [6.45, 7) is 16.1. The molecule has 0 bridgehead atoms. The second-order valence-corrected chi connectivity index (χ2v) is 47.2. The minimum atomic E-state index is -1.67. The summed E-state index contributed by atoms with van der Waals surface area (Å²) < 4.78 is 0. The van der Waals surface area contributed by atoms with E-state index in [4.69, 9.17) is 22.2 Å². The maximum absolute atomic E-state index is 7.59. The minimum absolute atomic E-state index is 1.27. The van der Waals surface area contributed by atoms with E-state index in [0.717, 1.165) is 0 Å². The number of hydrogen-bond donors (Lipinski definition) is 0. The standard InChI is InChI=1S/C16H40Cl2Si4/c1-9-19(17,10-2)21(13-5,14-6)22(15-7,16-8)20(18,11-3)12-4/h9-16H2,1-8H3. The summed E-state index contributed by atoms with van der Waals surface area (Å²) in [7, 11) is -2.96. The van der Waals surface area contributed by atoms with Crippen LogP contribution in [0.2, 0.25) is 48.4 Å². The molecule has 0 aliphatic heterocycles. The normalized spacial score (nSPS) is 14.5. The molecule has 0 saturated heterocycles. The molecule has 0 aromatic rings. The third kappa shape index (κ3) is 3.26. The van der Waals surface area contributed by atoms with Crippen molar-refractivity contribution in [3.05, 3.63) is 0 Å². The fraction of sp³-hybridized carbons (Fsp3) is 1.00. The molecule has 0 atom stereocenters. The van der Waals surface area contributed by atoms with Gasteiger partial charge in [-0.15, -0.1) is 0 Å². The zero-order valence-electron chi connectivity index (χ0n) is 16.4. The van der Waals surface area contributed by atoms with Gasteiger partial charge in [-0.2, -0.15) is 22.2 Å². The van der Waals surface area contributed by atoms with Crippen molar-refractivity contribution >= 4 is 50.2 Å². The van der Waals surface area contributed by atoms with Crippen LogP contribution in [0.3, 0.4) is 0 Å². The van der Waals surface area contributed by atoms with Gasteiger partial charge in [0.15, 0.2) is 0 Å². The van der Waals surface area contributed by atoms with Crippen molar-refractivity contribution in [1.82, 2.24) is 0 Å². The molecule has 0 aliphatic carbocycles. The van der Waals surface area contributed by atoms with E-state index in [9.17, 15) is 0 Å². The number of rotatable bonds is 11. The van der Waals surface area contributed by atoms with Crippen LogP contribution in [-0.4, -0.2) is 28.0 Å². The van der Waals surface area contributed by atoms with E-state index in [1.54, 1.807) is 0 Å². The zero-order chi connectivity index (χ0) is 17.7. The molecule has 0 N–H and O–H groups in total. The van der Waals surface area contributed by atoms with Crippen LogP contribution in [0.25, 0.3) is 0 Å². The molecule has 0 heterocycles. The van der Waals surface area contributed by atoms with Gasteiger partial charge in [0.25, 0.3) is 0 Å². The van der Waals surface area contributed by atoms with Gasteiger partial charge >= 0.3 is 0 Å². The van der Waals surface area contributed by atoms with Crippen molar-refractivity contribution in [2.45, 2.75) is 104 Å². The largest absolute Gasteiger partial charge is 0.171 e. The summed E-state index contributed by atoms with van der Waals surface area (Å²) in [4.78, 5) is 0. The third-order valence-corrected chi connectivity index (χ3v) is 82.4. The predicted octanol–water partition coefficient (Wildman–Crippen LogP) is 7.65. The van der Waals surface area contributed by atoms with Crippen molar-refractivity contribution in [3.8, 4) is 0 Å². The lowest BCUT2D eigenvalue weighted by molar-refractivity contribution is 1.22. The van der Waals surface area contributed by atoms with E-state index in [0.29, 0.717) is 0 Å². The van der Waals surface area contributed by atoms with Gasteiger partial charge in [-0.05, 0) is 24.2 Å². The zero-order valence-corrected chi connectivity index (χ0v) is 21.9. The van der Waals surface area contributed by atoms with Gasteiger partial charge in [-0.1, -0.05) is 79.6 Å². The van der Waals surface area contributed by atoms with Gasteiger partial charge in [0, 0.05) is 0 Å². The average Bonchev–Trinajstić information content (AvgIpc) is 2.58. The molecule has 0 spiro atoms. The molecule has 0 aromatic carbocycles. The van der Waals surface area contributed by atoms with Crippen LogP contribution in [0.5, 0.6) is 0 Å². The van der Waals surface area contributed by atoms with E-state index in [2.05, 4.69) is 55.4 Å². The Labute approximate surface area is 153 Å². The first-order chi connectivity index (χ1) is 10.2. The first-order valence-corrected chi connectivity index (χ1v) is 24.3. The Morgan fingerprint density at radius 3 is 0.682 bits per heavy atom. The Bertz CT molecular complexity index is 288. The van der Waals surface area contributed by atoms with E-state index >= 15 is 0 Å². The van der Waals surface area contributed by atoms with Gasteiger partial charge in [-0.3, -0.25) is 0 Å². The minimum Gasteiger partial charge on any atom is -0.171 e. The lowest BCUT2D eigenvalue weighted by atomic mass is 10.9. The molecule has 0 amide bonds. The highest BCUT2D eigenvalue weighted by Gasteiger charge is 2.68. The van der Waals surface area contributed by atoms with Crippen LogP contribution < -0.4 is 0 Å². The van der Waals surface area contributed by atoms with Crippen molar-refractivity contribution < 1.29 is 0 Å². The molecule has 134 valence electrons. The summed E-state index contributed by atoms with van der Waals surface area (Å²) in [5.74, 6) is 0. The molecule has 0 rings (SSSR count). The molecular weight excluding hydrogens is 375 g/mol. The molecule has 0 radical (unpaired) electrons. The van der Waals surface area contributed by atoms with Gasteiger partial charge < -0.3 is 0 Å². The second kappa shape index (κ2) is 9.23. The fourth-order valence-corrected chi connectivity index (χ4v) is 106. The van der Waals surface area contributed by atoms with Crippen LogP contribution in [0.1, 0.15) is 55.4 Å². The highest BCUT2D eigenvalue weighted by atomic mass is 35.6. The molecule has 0 aliphatic rings. The Kier molecular flexibility index (Phi) is 9.84. The van der Waals surface area contributed by atoms with Crippen LogP contribution in [0.4, 0.5) is 0 Å². The Morgan fingerprint density at radius 1 is 0.409 bits per heavy atom. The molecule has 0 unspecified atom stereocenters. The Hall–Kier alpha value is 1.45. The second-order valence-electron chi connectivity index (χ2n) is 6.92. The van der Waals surface area contributed by atoms with E-state index in [-0.39, 0.29) is 0 Å². The summed E-state index contributed by atoms with van der Waals surface area (Å²) in [6, 6.07) is 10.7. The molecule has 0 saturated carbocycles. The van der Waals surface area contributed by atoms with Gasteiger partial charge in [0.05, 0.1) is 14.2 Å². The summed E-state index contributed by atoms with van der Waals surface area (Å²) in [6.07, 6.45) is 0. The maximum atomic E-state index is 7.59. The maximum Gasteiger partial charge on any atom is 0.144 e. The third-order valence-electron chi connectivity index (χ3n) is 7.29. The van der Waals surface area contributed by atoms with Gasteiger partial charge in [0.1, 0.15) is 13.8 Å². The topological polar surface area (TPSA) is 0 Å². The van der Waals surface area contributed by atoms with Crippen molar-refractivity contribution in [2.75, 3.05) is 0 Å². The van der Waals surface area contributed by atoms with Crippen molar-refractivity contribution in [1.29, 1.82) is 0 Å². The predicted molar refractivity (Wildman–Crippen MR) is 119 cm³/mol. The van der Waals surface area contributed by atoms with Crippen LogP contribution in [-0.2, 0) is 0 Å². The van der Waals surface area contributed by atoms with Crippen LogP contribution >= 0.6 is 22.2 Å². The molecule has 0 fully saturated rings. The molecular formula is C16H40Cl2Si4. The van der Waals surface area contributed by atoms with E-state index in [1.807, 2.05) is 0 Å². The highest BCUT2D eigenvalue weighted by Crippen LogP contribution is 2.51. The monoisotopic (exact) mass is 414 g/mol. The van der Waals surface area contributed by atoms with Crippen LogP contribution in [0.15, 0.2) is 0 Å². The van der Waals surface area contributed by atoms with E-state index in [1.165, 1.54) is 48.4 Å². The first-order valence-electron chi connectivity index (χ1n) is 9.61. The Balaban J connectivity index is 6.61. The van der Waals surface area contributed by atoms with Gasteiger partial charge in [-0.25, -0.2) is 0 Å². The van der Waals surface area contributed by atoms with E-state index < -0.39 is 28.0 Å². The quantitative estimate of drug-likeness (QED) is 0.240. The number of halogens is 2. The van der Waals surface area contributed by atoms with Crippen molar-refractivity contribution in [3.63, 3.8) is 0 Å². The smallest absolute Gasteiger partial charge is 0.144 e. The lowest BCUT2D eigenvalue weighted by Crippen LogP contribution is -2.82. The SMILES string of the molecule is CC[Si](Cl)(CC)[Si](CC)(CC)[Si](CC)(CC)[Si](Cl)(CC)CC. The summed E-state index contributed by atoms with van der Waals surface area (Å²) in [5, 5.41) is 0. The molecule has 0 aromatic heterocycles. The summed E-state index contributed by atoms with van der Waals surface area (Å²) in [5.41, 5.74) is 0. The fourth-order valence-electron chi connectivity index (χ4n) is 5.83. The molecule has 0 nitrogen and oxygen atoms in total. The summed E-state index contributed by atoms with van der Waals surface area (Å²) >= 11 is 15.2. The Morgan fingerprint density at radius 2 is 0.591 bits per heavy atom. The van der Waals surface area contributed by atoms with Gasteiger partial charge in [0.2, 0.25) is 0 Å². The molecule has 22 heavy (non-hydrogen) atoms. The molecule has 6 heteroatoms. The first kappa shape index (κ1) is 23.4. The lowest BCUT2D eigenvalue weighted by Gasteiger charge is -2.59. The highest BCUT2D eigenvalue weighted by molar-refractivity contribution is 7.93. The number of hydrogen-bond acceptors (Lipinski definition) is 0. The average molecular weight is 416 g/mol. The van der Waals surface area contributed by atoms with Crippen LogP contribution in [0, 0.1) is 0 Å².